The predicted molar refractivity (Wildman–Crippen MR) is 107 cm³/mol. The van der Waals surface area contributed by atoms with Crippen LogP contribution in [0, 0.1) is 6.92 Å². The first-order valence-corrected chi connectivity index (χ1v) is 10.2. The molecule has 5 rings (SSSR count). The third kappa shape index (κ3) is 2.79. The Labute approximate surface area is 160 Å². The molecule has 1 saturated heterocycles. The van der Waals surface area contributed by atoms with Crippen molar-refractivity contribution in [3.8, 4) is 11.1 Å². The van der Waals surface area contributed by atoms with Crippen molar-refractivity contribution in [3.63, 3.8) is 0 Å². The lowest BCUT2D eigenvalue weighted by Crippen LogP contribution is -2.60. The zero-order valence-electron chi connectivity index (χ0n) is 15.6. The first-order valence-electron chi connectivity index (χ1n) is 9.81. The number of benzene rings is 2. The molecule has 2 nitrogen and oxygen atoms in total. The fourth-order valence-corrected chi connectivity index (χ4v) is 5.34. The van der Waals surface area contributed by atoms with Crippen molar-refractivity contribution in [2.45, 2.75) is 57.1 Å². The van der Waals surface area contributed by atoms with Crippen LogP contribution in [0.4, 0.5) is 0 Å². The Kier molecular flexibility index (Phi) is 3.76. The van der Waals surface area contributed by atoms with E-state index >= 15 is 0 Å². The molecule has 1 heterocycles. The van der Waals surface area contributed by atoms with Gasteiger partial charge in [0, 0.05) is 24.2 Å². The molecule has 0 aromatic heterocycles. The van der Waals surface area contributed by atoms with Crippen molar-refractivity contribution in [3.05, 3.63) is 57.6 Å². The molecule has 2 aromatic rings. The summed E-state index contributed by atoms with van der Waals surface area (Å²) in [7, 11) is 0. The highest BCUT2D eigenvalue weighted by molar-refractivity contribution is 6.31. The van der Waals surface area contributed by atoms with Crippen LogP contribution in [0.15, 0.2) is 30.3 Å². The van der Waals surface area contributed by atoms with Crippen LogP contribution < -0.4 is 0 Å². The molecular formula is C23H26ClNO. The number of hydrogen-bond donors (Lipinski definition) is 1. The van der Waals surface area contributed by atoms with Crippen LogP contribution in [0.25, 0.3) is 11.1 Å². The number of aliphatic hydroxyl groups is 1. The molecule has 2 aromatic carbocycles. The van der Waals surface area contributed by atoms with Crippen LogP contribution in [0.2, 0.25) is 5.02 Å². The summed E-state index contributed by atoms with van der Waals surface area (Å²) in [5, 5.41) is 11.0. The van der Waals surface area contributed by atoms with Gasteiger partial charge in [-0.05, 0) is 84.9 Å². The zero-order valence-corrected chi connectivity index (χ0v) is 16.3. The molecule has 0 radical (unpaired) electrons. The summed E-state index contributed by atoms with van der Waals surface area (Å²) >= 11 is 6.56. The molecule has 26 heavy (non-hydrogen) atoms. The van der Waals surface area contributed by atoms with Gasteiger partial charge in [-0.3, -0.25) is 4.90 Å². The van der Waals surface area contributed by atoms with Crippen LogP contribution in [-0.2, 0) is 6.42 Å². The third-order valence-electron chi connectivity index (χ3n) is 6.37. The smallest absolute Gasteiger partial charge is 0.0872 e. The molecule has 136 valence electrons. The van der Waals surface area contributed by atoms with Gasteiger partial charge in [0.25, 0.3) is 0 Å². The van der Waals surface area contributed by atoms with Gasteiger partial charge >= 0.3 is 0 Å². The highest BCUT2D eigenvalue weighted by atomic mass is 35.5. The van der Waals surface area contributed by atoms with Crippen molar-refractivity contribution in [2.24, 2.45) is 0 Å². The number of hydrogen-bond acceptors (Lipinski definition) is 2. The second-order valence-electron chi connectivity index (χ2n) is 8.83. The van der Waals surface area contributed by atoms with Gasteiger partial charge in [0.15, 0.2) is 0 Å². The lowest BCUT2D eigenvalue weighted by atomic mass is 9.90. The molecule has 0 amide bonds. The molecule has 0 spiro atoms. The predicted octanol–water partition coefficient (Wildman–Crippen LogP) is 5.25. The van der Waals surface area contributed by atoms with E-state index in [1.165, 1.54) is 46.2 Å². The van der Waals surface area contributed by atoms with Crippen LogP contribution >= 0.6 is 11.6 Å². The third-order valence-corrected chi connectivity index (χ3v) is 6.70. The summed E-state index contributed by atoms with van der Waals surface area (Å²) in [6.45, 7) is 5.75. The molecule has 1 N–H and O–H groups in total. The van der Waals surface area contributed by atoms with Crippen LogP contribution in [-0.4, -0.2) is 28.7 Å². The summed E-state index contributed by atoms with van der Waals surface area (Å²) in [6, 6.07) is 11.8. The van der Waals surface area contributed by atoms with Crippen molar-refractivity contribution < 1.29 is 5.11 Å². The largest absolute Gasteiger partial charge is 0.388 e. The molecule has 1 aliphatic heterocycles. The summed E-state index contributed by atoms with van der Waals surface area (Å²) < 4.78 is 0. The standard InChI is InChI=1S/C23H26ClNO/c1-14-9-18(16-5-7-19(15-3-4-15)20(24)11-16)10-17-6-8-21(22(14)17)25-12-23(2,26)13-25/h5,7,9-11,15,21,26H,3-4,6,8,12-13H2,1-2H3. The summed E-state index contributed by atoms with van der Waals surface area (Å²) in [6.07, 6.45) is 4.85. The SMILES string of the molecule is Cc1cc(-c2ccc(C3CC3)c(Cl)c2)cc2c1C(N1CC(C)(O)C1)CC2. The monoisotopic (exact) mass is 367 g/mol. The van der Waals surface area contributed by atoms with E-state index in [1.807, 2.05) is 6.92 Å². The molecular weight excluding hydrogens is 342 g/mol. The second kappa shape index (κ2) is 5.82. The molecule has 1 unspecified atom stereocenters. The molecule has 1 saturated carbocycles. The fourth-order valence-electron chi connectivity index (χ4n) is 5.00. The first kappa shape index (κ1) is 16.8. The number of β-amino-alcohol motifs (C(OH)–C–C–N with tert-alkyl or cyclic N) is 1. The Hall–Kier alpha value is -1.35. The summed E-state index contributed by atoms with van der Waals surface area (Å²) in [4.78, 5) is 2.43. The first-order chi connectivity index (χ1) is 12.4. The van der Waals surface area contributed by atoms with E-state index in [-0.39, 0.29) is 0 Å². The summed E-state index contributed by atoms with van der Waals surface area (Å²) in [5.41, 5.74) is 7.65. The molecule has 3 heteroatoms. The van der Waals surface area contributed by atoms with Gasteiger partial charge < -0.3 is 5.11 Å². The highest BCUT2D eigenvalue weighted by Crippen LogP contribution is 2.46. The van der Waals surface area contributed by atoms with E-state index in [0.29, 0.717) is 12.0 Å². The number of nitrogens with zero attached hydrogens (tertiary/aromatic N) is 1. The van der Waals surface area contributed by atoms with Crippen molar-refractivity contribution in [1.82, 2.24) is 4.90 Å². The number of halogens is 1. The van der Waals surface area contributed by atoms with Gasteiger partial charge in [0.1, 0.15) is 0 Å². The number of aryl methyl sites for hydroxylation is 2. The second-order valence-corrected chi connectivity index (χ2v) is 9.24. The van der Waals surface area contributed by atoms with Gasteiger partial charge in [-0.1, -0.05) is 35.9 Å². The van der Waals surface area contributed by atoms with Crippen molar-refractivity contribution in [1.29, 1.82) is 0 Å². The van der Waals surface area contributed by atoms with Gasteiger partial charge in [-0.25, -0.2) is 0 Å². The van der Waals surface area contributed by atoms with E-state index in [4.69, 9.17) is 11.6 Å². The maximum atomic E-state index is 10.1. The number of fused-ring (bicyclic) bond motifs is 1. The average molecular weight is 368 g/mol. The topological polar surface area (TPSA) is 23.5 Å². The number of likely N-dealkylation sites (tertiary alicyclic amines) is 1. The Bertz CT molecular complexity index is 876. The van der Waals surface area contributed by atoms with Crippen LogP contribution in [0.3, 0.4) is 0 Å². The maximum absolute atomic E-state index is 10.1. The Balaban J connectivity index is 1.46. The van der Waals surface area contributed by atoms with Crippen molar-refractivity contribution in [2.75, 3.05) is 13.1 Å². The molecule has 0 bridgehead atoms. The minimum Gasteiger partial charge on any atom is -0.388 e. The van der Waals surface area contributed by atoms with Crippen LogP contribution in [0.1, 0.15) is 60.4 Å². The normalized spacial score (nSPS) is 24.4. The summed E-state index contributed by atoms with van der Waals surface area (Å²) in [5.74, 6) is 0.688. The van der Waals surface area contributed by atoms with Crippen LogP contribution in [0.5, 0.6) is 0 Å². The lowest BCUT2D eigenvalue weighted by molar-refractivity contribution is -0.103. The van der Waals surface area contributed by atoms with Gasteiger partial charge in [0.05, 0.1) is 5.60 Å². The van der Waals surface area contributed by atoms with E-state index < -0.39 is 5.60 Å². The average Bonchev–Trinajstić information content (AvgIpc) is 3.31. The molecule has 3 aliphatic rings. The zero-order chi connectivity index (χ0) is 18.1. The van der Waals surface area contributed by atoms with E-state index in [0.717, 1.165) is 31.0 Å². The Morgan fingerprint density at radius 1 is 1.08 bits per heavy atom. The van der Waals surface area contributed by atoms with E-state index in [2.05, 4.69) is 42.2 Å². The lowest BCUT2D eigenvalue weighted by Gasteiger charge is -2.48. The van der Waals surface area contributed by atoms with Crippen molar-refractivity contribution >= 4 is 11.6 Å². The Morgan fingerprint density at radius 2 is 1.85 bits per heavy atom. The minimum atomic E-state index is -0.503. The fraction of sp³-hybridized carbons (Fsp3) is 0.478. The molecule has 2 fully saturated rings. The quantitative estimate of drug-likeness (QED) is 0.801. The molecule has 1 atom stereocenters. The van der Waals surface area contributed by atoms with E-state index in [1.54, 1.807) is 0 Å². The van der Waals surface area contributed by atoms with Gasteiger partial charge in [0.2, 0.25) is 0 Å². The molecule has 2 aliphatic carbocycles. The Morgan fingerprint density at radius 3 is 2.50 bits per heavy atom. The van der Waals surface area contributed by atoms with E-state index in [9.17, 15) is 5.11 Å². The maximum Gasteiger partial charge on any atom is 0.0872 e. The van der Waals surface area contributed by atoms with Gasteiger partial charge in [-0.2, -0.15) is 0 Å². The minimum absolute atomic E-state index is 0.472. The number of rotatable bonds is 3. The van der Waals surface area contributed by atoms with Gasteiger partial charge in [-0.15, -0.1) is 0 Å². The highest BCUT2D eigenvalue weighted by Gasteiger charge is 2.43.